The highest BCUT2D eigenvalue weighted by molar-refractivity contribution is 7.21. The zero-order valence-electron chi connectivity index (χ0n) is 9.85. The Bertz CT molecular complexity index is 304. The maximum absolute atomic E-state index is 2.91. The molecule has 0 aliphatic heterocycles. The molecule has 80 valence electrons. The first-order chi connectivity index (χ1) is 6.27. The SMILES string of the molecule is CCC(C)(C)c1ccc(C(C)(C)P)s1. The summed E-state index contributed by atoms with van der Waals surface area (Å²) in [6, 6.07) is 4.56. The highest BCUT2D eigenvalue weighted by Gasteiger charge is 2.23. The molecule has 0 N–H and O–H groups in total. The van der Waals surface area contributed by atoms with Crippen LogP contribution in [-0.4, -0.2) is 0 Å². The average Bonchev–Trinajstić information content (AvgIpc) is 2.51. The van der Waals surface area contributed by atoms with Crippen molar-refractivity contribution < 1.29 is 0 Å². The van der Waals surface area contributed by atoms with Crippen LogP contribution in [0.4, 0.5) is 0 Å². The Morgan fingerprint density at radius 1 is 1.14 bits per heavy atom. The van der Waals surface area contributed by atoms with Gasteiger partial charge in [0, 0.05) is 14.9 Å². The van der Waals surface area contributed by atoms with Crippen molar-refractivity contribution >= 4 is 20.6 Å². The lowest BCUT2D eigenvalue weighted by atomic mass is 9.89. The van der Waals surface area contributed by atoms with Gasteiger partial charge in [0.05, 0.1) is 0 Å². The fraction of sp³-hybridized carbons (Fsp3) is 0.667. The van der Waals surface area contributed by atoms with Crippen molar-refractivity contribution in [3.8, 4) is 0 Å². The molecule has 1 rings (SSSR count). The molecule has 0 radical (unpaired) electrons. The van der Waals surface area contributed by atoms with Crippen LogP contribution in [0.25, 0.3) is 0 Å². The van der Waals surface area contributed by atoms with E-state index in [0.29, 0.717) is 5.41 Å². The van der Waals surface area contributed by atoms with Crippen molar-refractivity contribution in [3.63, 3.8) is 0 Å². The molecule has 0 aromatic carbocycles. The second-order valence-electron chi connectivity index (χ2n) is 5.12. The van der Waals surface area contributed by atoms with E-state index in [4.69, 9.17) is 0 Å². The van der Waals surface area contributed by atoms with Crippen molar-refractivity contribution in [1.82, 2.24) is 0 Å². The summed E-state index contributed by atoms with van der Waals surface area (Å²) in [6.45, 7) is 11.4. The lowest BCUT2D eigenvalue weighted by molar-refractivity contribution is 0.517. The Morgan fingerprint density at radius 2 is 1.64 bits per heavy atom. The molecule has 0 aliphatic carbocycles. The molecule has 1 heterocycles. The minimum Gasteiger partial charge on any atom is -0.144 e. The third kappa shape index (κ3) is 2.58. The van der Waals surface area contributed by atoms with Crippen molar-refractivity contribution in [2.75, 3.05) is 0 Å². The van der Waals surface area contributed by atoms with Crippen LogP contribution in [-0.2, 0) is 10.6 Å². The Labute approximate surface area is 94.3 Å². The van der Waals surface area contributed by atoms with Crippen molar-refractivity contribution in [2.24, 2.45) is 0 Å². The van der Waals surface area contributed by atoms with Gasteiger partial charge in [0.2, 0.25) is 0 Å². The van der Waals surface area contributed by atoms with E-state index in [-0.39, 0.29) is 5.16 Å². The van der Waals surface area contributed by atoms with Crippen LogP contribution in [0.5, 0.6) is 0 Å². The van der Waals surface area contributed by atoms with Crippen molar-refractivity contribution in [2.45, 2.75) is 51.6 Å². The van der Waals surface area contributed by atoms with E-state index in [9.17, 15) is 0 Å². The maximum Gasteiger partial charge on any atom is 0.0142 e. The summed E-state index contributed by atoms with van der Waals surface area (Å²) < 4.78 is 0. The lowest BCUT2D eigenvalue weighted by Gasteiger charge is -2.21. The average molecular weight is 228 g/mol. The molecule has 0 spiro atoms. The zero-order valence-corrected chi connectivity index (χ0v) is 11.8. The summed E-state index contributed by atoms with van der Waals surface area (Å²) in [4.78, 5) is 2.96. The molecule has 14 heavy (non-hydrogen) atoms. The monoisotopic (exact) mass is 228 g/mol. The first kappa shape index (κ1) is 12.2. The summed E-state index contributed by atoms with van der Waals surface area (Å²) >= 11 is 1.95. The quantitative estimate of drug-likeness (QED) is 0.666. The van der Waals surface area contributed by atoms with Gasteiger partial charge in [-0.05, 0) is 24.0 Å². The molecule has 1 atom stereocenters. The first-order valence-electron chi connectivity index (χ1n) is 5.17. The Hall–Kier alpha value is 0.130. The molecule has 1 aromatic heterocycles. The van der Waals surface area contributed by atoms with E-state index in [2.05, 4.69) is 56.0 Å². The van der Waals surface area contributed by atoms with Gasteiger partial charge < -0.3 is 0 Å². The van der Waals surface area contributed by atoms with Gasteiger partial charge in [0.25, 0.3) is 0 Å². The Balaban J connectivity index is 3.00. The van der Waals surface area contributed by atoms with E-state index in [1.807, 2.05) is 11.3 Å². The second-order valence-corrected chi connectivity index (χ2v) is 7.65. The minimum atomic E-state index is 0.215. The van der Waals surface area contributed by atoms with Gasteiger partial charge in [0.15, 0.2) is 0 Å². The molecule has 0 bridgehead atoms. The molecule has 0 aliphatic rings. The molecule has 1 unspecified atom stereocenters. The standard InChI is InChI=1S/C12H21PS/c1-6-11(2,3)9-7-8-10(14-9)12(4,5)13/h7-8H,6,13H2,1-5H3. The van der Waals surface area contributed by atoms with Crippen LogP contribution < -0.4 is 0 Å². The van der Waals surface area contributed by atoms with Gasteiger partial charge in [-0.2, -0.15) is 0 Å². The molecule has 1 aromatic rings. The van der Waals surface area contributed by atoms with Crippen LogP contribution >= 0.6 is 20.6 Å². The van der Waals surface area contributed by atoms with Crippen LogP contribution in [0.1, 0.15) is 50.8 Å². The van der Waals surface area contributed by atoms with E-state index >= 15 is 0 Å². The summed E-state index contributed by atoms with van der Waals surface area (Å²) in [7, 11) is 2.91. The molecule has 0 amide bonds. The summed E-state index contributed by atoms with van der Waals surface area (Å²) in [5.74, 6) is 0. The topological polar surface area (TPSA) is 0 Å². The normalized spacial score (nSPS) is 13.3. The Kier molecular flexibility index (Phi) is 3.44. The molecular formula is C12H21PS. The van der Waals surface area contributed by atoms with E-state index in [1.165, 1.54) is 16.2 Å². The third-order valence-electron chi connectivity index (χ3n) is 2.79. The predicted molar refractivity (Wildman–Crippen MR) is 70.4 cm³/mol. The lowest BCUT2D eigenvalue weighted by Crippen LogP contribution is -2.13. The molecule has 0 nitrogen and oxygen atoms in total. The van der Waals surface area contributed by atoms with Gasteiger partial charge >= 0.3 is 0 Å². The largest absolute Gasteiger partial charge is 0.144 e. The van der Waals surface area contributed by atoms with E-state index in [0.717, 1.165) is 0 Å². The number of thiophene rings is 1. The van der Waals surface area contributed by atoms with Crippen LogP contribution in [0.15, 0.2) is 12.1 Å². The van der Waals surface area contributed by atoms with Gasteiger partial charge in [-0.25, -0.2) is 0 Å². The highest BCUT2D eigenvalue weighted by atomic mass is 32.1. The molecule has 0 saturated heterocycles. The summed E-state index contributed by atoms with van der Waals surface area (Å²) in [6.07, 6.45) is 1.20. The summed E-state index contributed by atoms with van der Waals surface area (Å²) in [5, 5.41) is 0.215. The maximum atomic E-state index is 2.91. The van der Waals surface area contributed by atoms with Crippen LogP contribution in [0.3, 0.4) is 0 Å². The molecule has 0 fully saturated rings. The second kappa shape index (κ2) is 3.94. The van der Waals surface area contributed by atoms with Gasteiger partial charge in [0.1, 0.15) is 0 Å². The fourth-order valence-electron chi connectivity index (χ4n) is 1.22. The van der Waals surface area contributed by atoms with Crippen LogP contribution in [0.2, 0.25) is 0 Å². The number of hydrogen-bond donors (Lipinski definition) is 0. The van der Waals surface area contributed by atoms with E-state index < -0.39 is 0 Å². The molecular weight excluding hydrogens is 207 g/mol. The zero-order chi connectivity index (χ0) is 11.0. The molecule has 2 heteroatoms. The van der Waals surface area contributed by atoms with E-state index in [1.54, 1.807) is 0 Å². The highest BCUT2D eigenvalue weighted by Crippen LogP contribution is 2.39. The van der Waals surface area contributed by atoms with Crippen molar-refractivity contribution in [3.05, 3.63) is 21.9 Å². The van der Waals surface area contributed by atoms with Crippen molar-refractivity contribution in [1.29, 1.82) is 0 Å². The third-order valence-corrected chi connectivity index (χ3v) is 5.10. The van der Waals surface area contributed by atoms with Gasteiger partial charge in [-0.3, -0.25) is 0 Å². The number of hydrogen-bond acceptors (Lipinski definition) is 1. The smallest absolute Gasteiger partial charge is 0.0142 e. The van der Waals surface area contributed by atoms with Gasteiger partial charge in [-0.15, -0.1) is 20.6 Å². The molecule has 0 saturated carbocycles. The number of rotatable bonds is 3. The summed E-state index contributed by atoms with van der Waals surface area (Å²) in [5.41, 5.74) is 0.332. The predicted octanol–water partition coefficient (Wildman–Crippen LogP) is 4.55. The fourth-order valence-corrected chi connectivity index (χ4v) is 2.69. The van der Waals surface area contributed by atoms with Gasteiger partial charge in [-0.1, -0.05) is 34.6 Å². The minimum absolute atomic E-state index is 0.215. The Morgan fingerprint density at radius 3 is 2.00 bits per heavy atom. The van der Waals surface area contributed by atoms with Crippen LogP contribution in [0, 0.1) is 0 Å². The first-order valence-corrected chi connectivity index (χ1v) is 6.56.